The van der Waals surface area contributed by atoms with Crippen molar-refractivity contribution in [2.75, 3.05) is 6.54 Å². The Kier molecular flexibility index (Phi) is 5.74. The number of nitrogens with zero attached hydrogens (tertiary/aromatic N) is 4. The van der Waals surface area contributed by atoms with Gasteiger partial charge in [-0.2, -0.15) is 0 Å². The molecule has 150 valence electrons. The lowest BCUT2D eigenvalue weighted by Gasteiger charge is -2.33. The second-order valence-electron chi connectivity index (χ2n) is 7.74. The largest absolute Gasteiger partial charge is 0.493 e. The number of rotatable bonds is 4. The van der Waals surface area contributed by atoms with Gasteiger partial charge in [-0.3, -0.25) is 9.47 Å². The number of hydrogen-bond donors (Lipinski definition) is 1. The Morgan fingerprint density at radius 1 is 1.14 bits per heavy atom. The maximum Gasteiger partial charge on any atom is 0.221 e. The van der Waals surface area contributed by atoms with Crippen LogP contribution < -0.4 is 0 Å². The molecule has 2 aromatic carbocycles. The quantitative estimate of drug-likeness (QED) is 0.430. The van der Waals surface area contributed by atoms with Crippen molar-refractivity contribution in [3.63, 3.8) is 0 Å². The van der Waals surface area contributed by atoms with Gasteiger partial charge in [-0.05, 0) is 38.3 Å². The van der Waals surface area contributed by atoms with Crippen molar-refractivity contribution in [1.82, 2.24) is 9.47 Å². The highest BCUT2D eigenvalue weighted by molar-refractivity contribution is 7.80. The zero-order chi connectivity index (χ0) is 20.4. The SMILES string of the molecule is Cc1ccccc1C(=S)N=Nc1c(O)n(CN2CCCCC2C)c2ccccc12. The van der Waals surface area contributed by atoms with Crippen LogP contribution in [0.1, 0.15) is 37.3 Å². The fourth-order valence-electron chi connectivity index (χ4n) is 4.02. The van der Waals surface area contributed by atoms with Gasteiger partial charge in [-0.15, -0.1) is 10.2 Å². The van der Waals surface area contributed by atoms with E-state index in [-0.39, 0.29) is 5.88 Å². The van der Waals surface area contributed by atoms with E-state index < -0.39 is 0 Å². The number of azo groups is 1. The standard InChI is InChI=1S/C23H26N4OS/c1-16-9-3-4-11-18(16)22(29)25-24-21-19-12-5-6-13-20(19)27(23(21)28)15-26-14-8-7-10-17(26)2/h3-6,9,11-13,17,28H,7-8,10,14-15H2,1-2H3. The first-order valence-corrected chi connectivity index (χ1v) is 10.5. The minimum atomic E-state index is 0.139. The summed E-state index contributed by atoms with van der Waals surface area (Å²) in [6.07, 6.45) is 3.66. The third-order valence-electron chi connectivity index (χ3n) is 5.80. The van der Waals surface area contributed by atoms with Crippen LogP contribution in [0, 0.1) is 6.92 Å². The molecule has 1 aliphatic heterocycles. The lowest BCUT2D eigenvalue weighted by atomic mass is 10.0. The lowest BCUT2D eigenvalue weighted by molar-refractivity contribution is 0.120. The molecule has 0 radical (unpaired) electrons. The summed E-state index contributed by atoms with van der Waals surface area (Å²) in [5.74, 6) is 0.139. The summed E-state index contributed by atoms with van der Waals surface area (Å²) in [5.41, 5.74) is 3.37. The third kappa shape index (κ3) is 3.95. The highest BCUT2D eigenvalue weighted by Gasteiger charge is 2.22. The smallest absolute Gasteiger partial charge is 0.221 e. The van der Waals surface area contributed by atoms with Gasteiger partial charge in [-0.25, -0.2) is 0 Å². The van der Waals surface area contributed by atoms with Gasteiger partial charge in [0.25, 0.3) is 0 Å². The first-order chi connectivity index (χ1) is 14.1. The van der Waals surface area contributed by atoms with Crippen molar-refractivity contribution in [1.29, 1.82) is 0 Å². The van der Waals surface area contributed by atoms with E-state index in [1.165, 1.54) is 19.3 Å². The Bertz CT molecular complexity index is 1070. The van der Waals surface area contributed by atoms with Gasteiger partial charge in [0, 0.05) is 23.5 Å². The van der Waals surface area contributed by atoms with Gasteiger partial charge in [-0.1, -0.05) is 61.1 Å². The Morgan fingerprint density at radius 3 is 2.69 bits per heavy atom. The molecule has 1 aromatic heterocycles. The van der Waals surface area contributed by atoms with Crippen LogP contribution in [0.5, 0.6) is 5.88 Å². The summed E-state index contributed by atoms with van der Waals surface area (Å²) in [4.78, 5) is 2.83. The van der Waals surface area contributed by atoms with Crippen molar-refractivity contribution >= 4 is 33.8 Å². The van der Waals surface area contributed by atoms with E-state index in [4.69, 9.17) is 12.2 Å². The Hall–Kier alpha value is -2.57. The first kappa shape index (κ1) is 19.7. The lowest BCUT2D eigenvalue weighted by Crippen LogP contribution is -2.38. The average Bonchev–Trinajstić information content (AvgIpc) is 2.99. The molecule has 0 bridgehead atoms. The normalized spacial score (nSPS) is 17.9. The number of thiocarbonyl (C=S) groups is 1. The van der Waals surface area contributed by atoms with Crippen molar-refractivity contribution in [3.05, 3.63) is 59.7 Å². The summed E-state index contributed by atoms with van der Waals surface area (Å²) in [6, 6.07) is 16.3. The molecule has 0 aliphatic carbocycles. The second kappa shape index (κ2) is 8.43. The molecule has 1 fully saturated rings. The molecule has 0 amide bonds. The van der Waals surface area contributed by atoms with Crippen LogP contribution in [0.2, 0.25) is 0 Å². The van der Waals surface area contributed by atoms with E-state index in [1.54, 1.807) is 0 Å². The van der Waals surface area contributed by atoms with Crippen LogP contribution in [-0.4, -0.2) is 32.1 Å². The zero-order valence-electron chi connectivity index (χ0n) is 16.9. The molecule has 1 unspecified atom stereocenters. The van der Waals surface area contributed by atoms with Crippen molar-refractivity contribution in [2.45, 2.75) is 45.8 Å². The third-order valence-corrected chi connectivity index (χ3v) is 6.10. The number of hydrogen-bond acceptors (Lipinski definition) is 4. The van der Waals surface area contributed by atoms with E-state index >= 15 is 0 Å². The Labute approximate surface area is 176 Å². The van der Waals surface area contributed by atoms with E-state index in [1.807, 2.05) is 60.0 Å². The molecular weight excluding hydrogens is 380 g/mol. The van der Waals surface area contributed by atoms with Gasteiger partial charge in [0.2, 0.25) is 5.88 Å². The topological polar surface area (TPSA) is 53.1 Å². The van der Waals surface area contributed by atoms with Gasteiger partial charge in [0.15, 0.2) is 10.7 Å². The first-order valence-electron chi connectivity index (χ1n) is 10.1. The van der Waals surface area contributed by atoms with E-state index in [0.717, 1.165) is 28.6 Å². The molecule has 0 saturated carbocycles. The van der Waals surface area contributed by atoms with Gasteiger partial charge in [0.1, 0.15) is 0 Å². The number of aromatic hydroxyl groups is 1. The monoisotopic (exact) mass is 406 g/mol. The predicted octanol–water partition coefficient (Wildman–Crippen LogP) is 5.95. The summed E-state index contributed by atoms with van der Waals surface area (Å²) < 4.78 is 1.93. The summed E-state index contributed by atoms with van der Waals surface area (Å²) in [5, 5.41) is 20.5. The zero-order valence-corrected chi connectivity index (χ0v) is 17.7. The van der Waals surface area contributed by atoms with Crippen LogP contribution in [0.4, 0.5) is 5.69 Å². The van der Waals surface area contributed by atoms with Crippen LogP contribution in [0.15, 0.2) is 58.8 Å². The molecule has 3 aromatic rings. The van der Waals surface area contributed by atoms with Gasteiger partial charge in [0.05, 0.1) is 12.2 Å². The Balaban J connectivity index is 1.69. The molecule has 1 N–H and O–H groups in total. The molecule has 29 heavy (non-hydrogen) atoms. The maximum absolute atomic E-state index is 11.0. The molecule has 0 spiro atoms. The molecule has 2 heterocycles. The fraction of sp³-hybridized carbons (Fsp3) is 0.348. The van der Waals surface area contributed by atoms with Crippen LogP contribution in [-0.2, 0) is 6.67 Å². The molecule has 6 heteroatoms. The molecule has 4 rings (SSSR count). The van der Waals surface area contributed by atoms with Crippen molar-refractivity contribution in [2.24, 2.45) is 10.2 Å². The van der Waals surface area contributed by atoms with E-state index in [0.29, 0.717) is 23.4 Å². The highest BCUT2D eigenvalue weighted by Crippen LogP contribution is 2.39. The number of aromatic nitrogens is 1. The highest BCUT2D eigenvalue weighted by atomic mass is 32.1. The molecule has 1 saturated heterocycles. The number of fused-ring (bicyclic) bond motifs is 1. The maximum atomic E-state index is 11.0. The number of likely N-dealkylation sites (tertiary alicyclic amines) is 1. The van der Waals surface area contributed by atoms with Gasteiger partial charge < -0.3 is 5.11 Å². The number of benzene rings is 2. The average molecular weight is 407 g/mol. The molecule has 1 aliphatic rings. The minimum Gasteiger partial charge on any atom is -0.493 e. The number of piperidine rings is 1. The fourth-order valence-corrected chi connectivity index (χ4v) is 4.29. The van der Waals surface area contributed by atoms with Crippen LogP contribution in [0.25, 0.3) is 10.9 Å². The summed E-state index contributed by atoms with van der Waals surface area (Å²) >= 11 is 5.47. The van der Waals surface area contributed by atoms with E-state index in [2.05, 4.69) is 22.1 Å². The van der Waals surface area contributed by atoms with Crippen molar-refractivity contribution < 1.29 is 5.11 Å². The molecule has 5 nitrogen and oxygen atoms in total. The van der Waals surface area contributed by atoms with Gasteiger partial charge >= 0.3 is 0 Å². The summed E-state index contributed by atoms with van der Waals surface area (Å²) in [6.45, 7) is 5.94. The summed E-state index contributed by atoms with van der Waals surface area (Å²) in [7, 11) is 0. The number of para-hydroxylation sites is 1. The number of aryl methyl sites for hydroxylation is 1. The molecular formula is C23H26N4OS. The van der Waals surface area contributed by atoms with Crippen LogP contribution in [0.3, 0.4) is 0 Å². The molecule has 1 atom stereocenters. The van der Waals surface area contributed by atoms with Crippen LogP contribution >= 0.6 is 12.2 Å². The second-order valence-corrected chi connectivity index (χ2v) is 8.12. The van der Waals surface area contributed by atoms with E-state index in [9.17, 15) is 5.11 Å². The predicted molar refractivity (Wildman–Crippen MR) is 121 cm³/mol. The Morgan fingerprint density at radius 2 is 1.90 bits per heavy atom. The van der Waals surface area contributed by atoms with Crippen molar-refractivity contribution in [3.8, 4) is 5.88 Å². The minimum absolute atomic E-state index is 0.139.